The molecule has 1 fully saturated rings. The van der Waals surface area contributed by atoms with Gasteiger partial charge < -0.3 is 19.4 Å². The minimum Gasteiger partial charge on any atom is -0.494 e. The van der Waals surface area contributed by atoms with Crippen LogP contribution in [0.5, 0.6) is 11.5 Å². The Bertz CT molecular complexity index is 881. The number of aromatic amines is 1. The van der Waals surface area contributed by atoms with E-state index in [1.54, 1.807) is 0 Å². The van der Waals surface area contributed by atoms with E-state index in [2.05, 4.69) is 41.1 Å². The van der Waals surface area contributed by atoms with E-state index in [1.165, 1.54) is 32.4 Å². The normalized spacial score (nSPS) is 16.0. The maximum Gasteiger partial charge on any atom is 0.124 e. The van der Waals surface area contributed by atoms with Crippen molar-refractivity contribution >= 4 is 10.9 Å². The number of likely N-dealkylation sites (tertiary alicyclic amines) is 1. The third kappa shape index (κ3) is 5.33. The quantitative estimate of drug-likeness (QED) is 0.471. The third-order valence-electron chi connectivity index (χ3n) is 5.65. The third-order valence-corrected chi connectivity index (χ3v) is 5.65. The van der Waals surface area contributed by atoms with Crippen molar-refractivity contribution in [2.24, 2.45) is 0 Å². The highest BCUT2D eigenvalue weighted by Gasteiger charge is 2.12. The molecule has 1 atom stereocenters. The zero-order valence-electron chi connectivity index (χ0n) is 17.1. The molecule has 1 unspecified atom stereocenters. The Morgan fingerprint density at radius 3 is 2.55 bits per heavy atom. The second kappa shape index (κ2) is 9.84. The van der Waals surface area contributed by atoms with E-state index in [9.17, 15) is 0 Å². The second-order valence-corrected chi connectivity index (χ2v) is 7.80. The van der Waals surface area contributed by atoms with Crippen LogP contribution < -0.4 is 9.47 Å². The van der Waals surface area contributed by atoms with Crippen LogP contribution in [-0.2, 0) is 0 Å². The lowest BCUT2D eigenvalue weighted by Gasteiger charge is -2.26. The molecule has 0 amide bonds. The number of nitrogens with zero attached hydrogens (tertiary/aromatic N) is 1. The number of fused-ring (bicyclic) bond motifs is 1. The number of aromatic nitrogens is 1. The molecule has 0 spiro atoms. The van der Waals surface area contributed by atoms with Gasteiger partial charge in [0.05, 0.1) is 6.61 Å². The van der Waals surface area contributed by atoms with Crippen molar-refractivity contribution < 1.29 is 9.47 Å². The molecule has 0 aliphatic carbocycles. The number of benzene rings is 2. The van der Waals surface area contributed by atoms with E-state index in [4.69, 9.17) is 9.47 Å². The Hall–Kier alpha value is -2.46. The lowest BCUT2D eigenvalue weighted by atomic mass is 10.1. The van der Waals surface area contributed by atoms with Gasteiger partial charge in [0, 0.05) is 23.6 Å². The SMILES string of the molecule is [CH2]CC(Oc1ccc2[nH]ccc2c1)c1ccc(OCCCN2CCCCC2)cc1. The number of hydrogen-bond acceptors (Lipinski definition) is 3. The van der Waals surface area contributed by atoms with Gasteiger partial charge in [-0.15, -0.1) is 0 Å². The van der Waals surface area contributed by atoms with Crippen molar-refractivity contribution in [3.8, 4) is 11.5 Å². The molecular formula is C25H31N2O2. The fourth-order valence-electron chi connectivity index (χ4n) is 4.00. The molecule has 153 valence electrons. The van der Waals surface area contributed by atoms with Gasteiger partial charge in [-0.05, 0) is 87.7 Å². The van der Waals surface area contributed by atoms with Gasteiger partial charge in [-0.25, -0.2) is 0 Å². The zero-order chi connectivity index (χ0) is 19.9. The fourth-order valence-corrected chi connectivity index (χ4v) is 4.00. The van der Waals surface area contributed by atoms with Crippen LogP contribution in [0.3, 0.4) is 0 Å². The van der Waals surface area contributed by atoms with Crippen LogP contribution in [0, 0.1) is 6.92 Å². The van der Waals surface area contributed by atoms with Crippen molar-refractivity contribution in [3.05, 3.63) is 67.2 Å². The van der Waals surface area contributed by atoms with Crippen LogP contribution in [0.2, 0.25) is 0 Å². The Morgan fingerprint density at radius 2 is 1.76 bits per heavy atom. The summed E-state index contributed by atoms with van der Waals surface area (Å²) in [7, 11) is 0. The predicted octanol–water partition coefficient (Wildman–Crippen LogP) is 5.77. The van der Waals surface area contributed by atoms with E-state index < -0.39 is 0 Å². The van der Waals surface area contributed by atoms with Gasteiger partial charge in [0.25, 0.3) is 0 Å². The average molecular weight is 392 g/mol. The number of nitrogens with one attached hydrogen (secondary N) is 1. The number of hydrogen-bond donors (Lipinski definition) is 1. The van der Waals surface area contributed by atoms with Crippen molar-refractivity contribution in [3.63, 3.8) is 0 Å². The molecule has 1 aliphatic heterocycles. The molecular weight excluding hydrogens is 360 g/mol. The first-order valence-corrected chi connectivity index (χ1v) is 10.8. The Morgan fingerprint density at radius 1 is 0.966 bits per heavy atom. The van der Waals surface area contributed by atoms with E-state index in [0.717, 1.165) is 47.5 Å². The Kier molecular flexibility index (Phi) is 6.73. The number of ether oxygens (including phenoxy) is 2. The van der Waals surface area contributed by atoms with Gasteiger partial charge in [0.15, 0.2) is 0 Å². The first-order chi connectivity index (χ1) is 14.3. The first-order valence-electron chi connectivity index (χ1n) is 10.8. The molecule has 4 rings (SSSR count). The van der Waals surface area contributed by atoms with E-state index in [1.807, 2.05) is 30.5 Å². The van der Waals surface area contributed by atoms with Crippen molar-refractivity contribution in [2.75, 3.05) is 26.2 Å². The van der Waals surface area contributed by atoms with Crippen LogP contribution in [-0.4, -0.2) is 36.1 Å². The highest BCUT2D eigenvalue weighted by Crippen LogP contribution is 2.28. The minimum absolute atomic E-state index is 0.0699. The van der Waals surface area contributed by atoms with E-state index in [-0.39, 0.29) is 6.10 Å². The summed E-state index contributed by atoms with van der Waals surface area (Å²) in [6, 6.07) is 16.4. The molecule has 4 nitrogen and oxygen atoms in total. The lowest BCUT2D eigenvalue weighted by molar-refractivity contribution is 0.204. The number of H-pyrrole nitrogens is 1. The van der Waals surface area contributed by atoms with E-state index >= 15 is 0 Å². The van der Waals surface area contributed by atoms with Crippen LogP contribution in [0.4, 0.5) is 0 Å². The smallest absolute Gasteiger partial charge is 0.124 e. The van der Waals surface area contributed by atoms with Crippen LogP contribution in [0.25, 0.3) is 10.9 Å². The van der Waals surface area contributed by atoms with Gasteiger partial charge in [-0.3, -0.25) is 0 Å². The van der Waals surface area contributed by atoms with E-state index in [0.29, 0.717) is 6.42 Å². The molecule has 1 saturated heterocycles. The van der Waals surface area contributed by atoms with Crippen LogP contribution >= 0.6 is 0 Å². The van der Waals surface area contributed by atoms with Gasteiger partial charge in [0.1, 0.15) is 17.6 Å². The molecule has 2 heterocycles. The maximum absolute atomic E-state index is 6.21. The van der Waals surface area contributed by atoms with Crippen molar-refractivity contribution in [2.45, 2.75) is 38.2 Å². The minimum atomic E-state index is -0.0699. The molecule has 1 aromatic heterocycles. The second-order valence-electron chi connectivity index (χ2n) is 7.80. The monoisotopic (exact) mass is 391 g/mol. The highest BCUT2D eigenvalue weighted by molar-refractivity contribution is 5.80. The largest absolute Gasteiger partial charge is 0.494 e. The summed E-state index contributed by atoms with van der Waals surface area (Å²) in [6.45, 7) is 8.47. The summed E-state index contributed by atoms with van der Waals surface area (Å²) in [6.07, 6.45) is 7.69. The van der Waals surface area contributed by atoms with Gasteiger partial charge in [-0.2, -0.15) is 0 Å². The number of piperidine rings is 1. The summed E-state index contributed by atoms with van der Waals surface area (Å²) in [4.78, 5) is 5.76. The van der Waals surface area contributed by atoms with Gasteiger partial charge in [0.2, 0.25) is 0 Å². The summed E-state index contributed by atoms with van der Waals surface area (Å²) < 4.78 is 12.1. The number of rotatable bonds is 9. The molecule has 0 bridgehead atoms. The topological polar surface area (TPSA) is 37.5 Å². The molecule has 4 heteroatoms. The van der Waals surface area contributed by atoms with Gasteiger partial charge in [-0.1, -0.05) is 18.6 Å². The summed E-state index contributed by atoms with van der Waals surface area (Å²) in [5.41, 5.74) is 2.24. The van der Waals surface area contributed by atoms with Crippen molar-refractivity contribution in [1.82, 2.24) is 9.88 Å². The maximum atomic E-state index is 6.21. The van der Waals surface area contributed by atoms with Crippen LogP contribution in [0.1, 0.15) is 43.8 Å². The predicted molar refractivity (Wildman–Crippen MR) is 118 cm³/mol. The molecule has 3 aromatic rings. The lowest BCUT2D eigenvalue weighted by Crippen LogP contribution is -2.31. The first kappa shape index (κ1) is 19.8. The molecule has 1 N–H and O–H groups in total. The Balaban J connectivity index is 1.28. The summed E-state index contributed by atoms with van der Waals surface area (Å²) >= 11 is 0. The Labute approximate surface area is 173 Å². The van der Waals surface area contributed by atoms with Gasteiger partial charge >= 0.3 is 0 Å². The molecule has 1 radical (unpaired) electrons. The standard InChI is InChI=1S/C25H31N2O2/c1-2-25(29-23-11-12-24-21(19-23)13-14-26-24)20-7-9-22(10-8-20)28-18-6-17-27-15-4-3-5-16-27/h7-14,19,25-26H,1-6,15-18H2. The zero-order valence-corrected chi connectivity index (χ0v) is 17.1. The fraction of sp³-hybridized carbons (Fsp3) is 0.400. The van der Waals surface area contributed by atoms with Crippen molar-refractivity contribution in [1.29, 1.82) is 0 Å². The molecule has 29 heavy (non-hydrogen) atoms. The summed E-state index contributed by atoms with van der Waals surface area (Å²) in [5.74, 6) is 1.78. The molecule has 0 saturated carbocycles. The molecule has 2 aromatic carbocycles. The summed E-state index contributed by atoms with van der Waals surface area (Å²) in [5, 5.41) is 1.15. The average Bonchev–Trinajstić information content (AvgIpc) is 3.24. The molecule has 1 aliphatic rings. The van der Waals surface area contributed by atoms with Crippen LogP contribution in [0.15, 0.2) is 54.7 Å². The highest BCUT2D eigenvalue weighted by atomic mass is 16.5.